The Bertz CT molecular complexity index is 814. The lowest BCUT2D eigenvalue weighted by Crippen LogP contribution is -2.21. The van der Waals surface area contributed by atoms with Crippen LogP contribution in [0.2, 0.25) is 0 Å². The summed E-state index contributed by atoms with van der Waals surface area (Å²) in [5, 5.41) is 16.6. The molecule has 3 N–H and O–H groups in total. The van der Waals surface area contributed by atoms with Crippen molar-refractivity contribution in [3.63, 3.8) is 0 Å². The lowest BCUT2D eigenvalue weighted by atomic mass is 9.83. The topological polar surface area (TPSA) is 97.0 Å². The van der Waals surface area contributed by atoms with Crippen LogP contribution in [0, 0.1) is 18.3 Å². The first-order valence-corrected chi connectivity index (χ1v) is 7.41. The summed E-state index contributed by atoms with van der Waals surface area (Å²) in [5.74, 6) is 0.846. The molecule has 0 spiro atoms. The largest absolute Gasteiger partial charge is 0.491 e. The average molecular weight is 310 g/mol. The van der Waals surface area contributed by atoms with Crippen LogP contribution in [0.1, 0.15) is 36.6 Å². The van der Waals surface area contributed by atoms with Gasteiger partial charge in [0.05, 0.1) is 12.0 Å². The van der Waals surface area contributed by atoms with Crippen molar-refractivity contribution >= 4 is 0 Å². The van der Waals surface area contributed by atoms with Crippen molar-refractivity contribution in [1.29, 1.82) is 5.26 Å². The maximum absolute atomic E-state index is 9.58. The van der Waals surface area contributed by atoms with Crippen molar-refractivity contribution < 1.29 is 9.47 Å². The number of ether oxygens (including phenoxy) is 2. The van der Waals surface area contributed by atoms with Crippen molar-refractivity contribution in [3.8, 4) is 17.7 Å². The van der Waals surface area contributed by atoms with Gasteiger partial charge in [-0.15, -0.1) is 5.10 Å². The monoisotopic (exact) mass is 310 g/mol. The van der Waals surface area contributed by atoms with E-state index in [-0.39, 0.29) is 17.9 Å². The number of fused-ring (bicyclic) bond motifs is 1. The number of hydrogen-bond acceptors (Lipinski definition) is 5. The Balaban J connectivity index is 2.22. The molecule has 118 valence electrons. The number of allylic oxidation sites excluding steroid dienone is 1. The predicted molar refractivity (Wildman–Crippen MR) is 84.8 cm³/mol. The van der Waals surface area contributed by atoms with Crippen LogP contribution in [0.4, 0.5) is 0 Å². The quantitative estimate of drug-likeness (QED) is 0.908. The number of aromatic nitrogens is 2. The number of H-pyrrole nitrogens is 1. The molecule has 6 nitrogen and oxygen atoms in total. The summed E-state index contributed by atoms with van der Waals surface area (Å²) in [6.07, 6.45) is 0.0211. The molecule has 1 aliphatic heterocycles. The molecule has 1 unspecified atom stereocenters. The highest BCUT2D eigenvalue weighted by Crippen LogP contribution is 2.45. The summed E-state index contributed by atoms with van der Waals surface area (Å²) < 4.78 is 11.4. The minimum absolute atomic E-state index is 0.0211. The van der Waals surface area contributed by atoms with Crippen LogP contribution in [0.25, 0.3) is 0 Å². The maximum atomic E-state index is 9.58. The van der Waals surface area contributed by atoms with Crippen LogP contribution in [0.15, 0.2) is 35.7 Å². The molecule has 2 aromatic rings. The molecule has 3 rings (SSSR count). The van der Waals surface area contributed by atoms with Gasteiger partial charge >= 0.3 is 0 Å². The number of para-hydroxylation sites is 1. The molecule has 0 saturated heterocycles. The first-order chi connectivity index (χ1) is 11.0. The summed E-state index contributed by atoms with van der Waals surface area (Å²) in [6.45, 7) is 5.82. The van der Waals surface area contributed by atoms with Crippen molar-refractivity contribution in [2.24, 2.45) is 5.73 Å². The second kappa shape index (κ2) is 5.69. The van der Waals surface area contributed by atoms with Gasteiger partial charge in [-0.05, 0) is 26.8 Å². The van der Waals surface area contributed by atoms with Crippen molar-refractivity contribution in [1.82, 2.24) is 10.2 Å². The lowest BCUT2D eigenvalue weighted by molar-refractivity contribution is 0.239. The van der Waals surface area contributed by atoms with E-state index in [9.17, 15) is 5.26 Å². The predicted octanol–water partition coefficient (Wildman–Crippen LogP) is 2.72. The van der Waals surface area contributed by atoms with E-state index in [4.69, 9.17) is 15.2 Å². The van der Waals surface area contributed by atoms with Gasteiger partial charge in [-0.1, -0.05) is 18.2 Å². The van der Waals surface area contributed by atoms with Crippen molar-refractivity contribution in [2.45, 2.75) is 32.8 Å². The van der Waals surface area contributed by atoms with E-state index in [0.717, 1.165) is 22.6 Å². The summed E-state index contributed by atoms with van der Waals surface area (Å²) in [5.41, 5.74) is 8.82. The molecule has 1 aliphatic rings. The molecule has 6 heteroatoms. The number of benzene rings is 1. The molecule has 0 saturated carbocycles. The molecule has 1 atom stereocenters. The Morgan fingerprint density at radius 2 is 2.13 bits per heavy atom. The second-order valence-corrected chi connectivity index (χ2v) is 5.70. The Morgan fingerprint density at radius 1 is 1.39 bits per heavy atom. The number of nitrogens with two attached hydrogens (primary N) is 1. The van der Waals surface area contributed by atoms with Crippen molar-refractivity contribution in [2.75, 3.05) is 0 Å². The summed E-state index contributed by atoms with van der Waals surface area (Å²) in [6, 6.07) is 9.83. The van der Waals surface area contributed by atoms with Gasteiger partial charge in [0.25, 0.3) is 0 Å². The van der Waals surface area contributed by atoms with Gasteiger partial charge in [-0.3, -0.25) is 5.10 Å². The van der Waals surface area contributed by atoms with E-state index in [0.29, 0.717) is 11.5 Å². The smallest absolute Gasteiger partial charge is 0.244 e. The molecule has 1 aromatic carbocycles. The second-order valence-electron chi connectivity index (χ2n) is 5.70. The fourth-order valence-electron chi connectivity index (χ4n) is 2.79. The third-order valence-electron chi connectivity index (χ3n) is 3.72. The third-order valence-corrected chi connectivity index (χ3v) is 3.72. The minimum atomic E-state index is -0.363. The number of aromatic amines is 1. The molecule has 0 fully saturated rings. The Kier molecular flexibility index (Phi) is 3.70. The van der Waals surface area contributed by atoms with Gasteiger partial charge in [0.1, 0.15) is 17.4 Å². The molecule has 0 aliphatic carbocycles. The summed E-state index contributed by atoms with van der Waals surface area (Å²) >= 11 is 0. The van der Waals surface area contributed by atoms with Crippen LogP contribution < -0.4 is 15.2 Å². The zero-order valence-electron chi connectivity index (χ0n) is 13.3. The molecule has 0 amide bonds. The van der Waals surface area contributed by atoms with Gasteiger partial charge in [0.2, 0.25) is 11.8 Å². The molecule has 0 radical (unpaired) electrons. The van der Waals surface area contributed by atoms with E-state index in [1.165, 1.54) is 0 Å². The summed E-state index contributed by atoms with van der Waals surface area (Å²) in [4.78, 5) is 0. The molecule has 2 heterocycles. The number of nitrogens with zero attached hydrogens (tertiary/aromatic N) is 2. The SMILES string of the molecule is Cc1[nH]nc2c1C(c1ccccc1OC(C)C)C(C#N)=C(N)O2. The van der Waals surface area contributed by atoms with E-state index < -0.39 is 0 Å². The Hall–Kier alpha value is -2.94. The fourth-order valence-corrected chi connectivity index (χ4v) is 2.79. The highest BCUT2D eigenvalue weighted by atomic mass is 16.5. The Labute approximate surface area is 134 Å². The van der Waals surface area contributed by atoms with Crippen molar-refractivity contribution in [3.05, 3.63) is 52.5 Å². The van der Waals surface area contributed by atoms with Crippen LogP contribution in [-0.4, -0.2) is 16.3 Å². The standard InChI is InChI=1S/C17H18N4O2/c1-9(2)22-13-7-5-4-6-11(13)15-12(8-18)16(19)23-17-14(15)10(3)20-21-17/h4-7,9,15H,19H2,1-3H3,(H,20,21). The van der Waals surface area contributed by atoms with Crippen LogP contribution in [0.5, 0.6) is 11.6 Å². The van der Waals surface area contributed by atoms with Gasteiger partial charge < -0.3 is 15.2 Å². The third kappa shape index (κ3) is 2.50. The fraction of sp³-hybridized carbons (Fsp3) is 0.294. The zero-order chi connectivity index (χ0) is 16.6. The normalized spacial score (nSPS) is 16.7. The van der Waals surface area contributed by atoms with Gasteiger partial charge in [0, 0.05) is 16.8 Å². The number of nitriles is 1. The number of rotatable bonds is 3. The average Bonchev–Trinajstić information content (AvgIpc) is 2.87. The summed E-state index contributed by atoms with van der Waals surface area (Å²) in [7, 11) is 0. The maximum Gasteiger partial charge on any atom is 0.244 e. The number of nitrogens with one attached hydrogen (secondary N) is 1. The van der Waals surface area contributed by atoms with E-state index in [1.807, 2.05) is 45.0 Å². The van der Waals surface area contributed by atoms with Crippen LogP contribution >= 0.6 is 0 Å². The van der Waals surface area contributed by atoms with Crippen LogP contribution in [0.3, 0.4) is 0 Å². The highest BCUT2D eigenvalue weighted by molar-refractivity contribution is 5.57. The number of aryl methyl sites for hydroxylation is 1. The number of hydrogen-bond donors (Lipinski definition) is 2. The minimum Gasteiger partial charge on any atom is -0.491 e. The molecule has 0 bridgehead atoms. The molecule has 23 heavy (non-hydrogen) atoms. The first-order valence-electron chi connectivity index (χ1n) is 7.41. The van der Waals surface area contributed by atoms with E-state index in [1.54, 1.807) is 0 Å². The molecular formula is C17H18N4O2. The highest BCUT2D eigenvalue weighted by Gasteiger charge is 2.35. The molecule has 1 aromatic heterocycles. The van der Waals surface area contributed by atoms with Crippen LogP contribution in [-0.2, 0) is 0 Å². The zero-order valence-corrected chi connectivity index (χ0v) is 13.3. The van der Waals surface area contributed by atoms with Gasteiger partial charge in [-0.25, -0.2) is 0 Å². The van der Waals surface area contributed by atoms with Gasteiger partial charge in [0.15, 0.2) is 0 Å². The Morgan fingerprint density at radius 3 is 2.83 bits per heavy atom. The molecular weight excluding hydrogens is 292 g/mol. The first kappa shape index (κ1) is 15.0. The van der Waals surface area contributed by atoms with Gasteiger partial charge in [-0.2, -0.15) is 5.26 Å². The lowest BCUT2D eigenvalue weighted by Gasteiger charge is -2.25. The van der Waals surface area contributed by atoms with E-state index >= 15 is 0 Å². The van der Waals surface area contributed by atoms with E-state index in [2.05, 4.69) is 16.3 Å².